The molecule has 4 atom stereocenters. The van der Waals surface area contributed by atoms with Crippen LogP contribution in [-0.4, -0.2) is 48.7 Å². The van der Waals surface area contributed by atoms with Crippen LogP contribution in [0.1, 0.15) is 101 Å². The number of anilines is 2. The molecule has 3 aromatic heterocycles. The number of benzene rings is 2. The maximum Gasteiger partial charge on any atom is 0.320 e. The molecule has 0 bridgehead atoms. The van der Waals surface area contributed by atoms with Gasteiger partial charge in [0.2, 0.25) is 5.95 Å². The zero-order valence-corrected chi connectivity index (χ0v) is 32.2. The molecule has 13 heteroatoms. The van der Waals surface area contributed by atoms with E-state index in [2.05, 4.69) is 76.9 Å². The number of fused-ring (bicyclic) bond motifs is 2. The highest BCUT2D eigenvalue weighted by atomic mass is 35.5. The number of hydrogen-bond donors (Lipinski definition) is 2. The molecule has 2 aliphatic rings. The van der Waals surface area contributed by atoms with Gasteiger partial charge >= 0.3 is 6.03 Å². The van der Waals surface area contributed by atoms with Crippen molar-refractivity contribution in [2.45, 2.75) is 103 Å². The van der Waals surface area contributed by atoms with Crippen LogP contribution in [0.3, 0.4) is 0 Å². The highest BCUT2D eigenvalue weighted by Gasteiger charge is 2.31. The summed E-state index contributed by atoms with van der Waals surface area (Å²) in [6, 6.07) is 20.0. The molecular formula is C39H47ClN8O3S. The fourth-order valence-corrected chi connectivity index (χ4v) is 7.79. The number of amides is 2. The third-order valence-electron chi connectivity index (χ3n) is 10.1. The minimum atomic E-state index is -0.313. The van der Waals surface area contributed by atoms with Gasteiger partial charge in [-0.05, 0) is 105 Å². The van der Waals surface area contributed by atoms with Gasteiger partial charge in [0.1, 0.15) is 17.7 Å². The van der Waals surface area contributed by atoms with E-state index >= 15 is 0 Å². The lowest BCUT2D eigenvalue weighted by molar-refractivity contribution is 0.171. The number of aromatic nitrogens is 5. The lowest BCUT2D eigenvalue weighted by Crippen LogP contribution is -2.44. The Morgan fingerprint density at radius 2 is 1.75 bits per heavy atom. The molecule has 1 aliphatic carbocycles. The minimum Gasteiger partial charge on any atom is -0.484 e. The van der Waals surface area contributed by atoms with Crippen LogP contribution >= 0.6 is 23.6 Å². The van der Waals surface area contributed by atoms with Gasteiger partial charge in [-0.25, -0.2) is 9.48 Å². The zero-order valence-electron chi connectivity index (χ0n) is 30.6. The Balaban J connectivity index is 1.09. The van der Waals surface area contributed by atoms with Gasteiger partial charge in [0, 0.05) is 34.8 Å². The second-order valence-corrected chi connectivity index (χ2v) is 15.9. The minimum absolute atomic E-state index is 0.174. The largest absolute Gasteiger partial charge is 0.484 e. The lowest BCUT2D eigenvalue weighted by atomic mass is 9.85. The van der Waals surface area contributed by atoms with Gasteiger partial charge in [0.15, 0.2) is 5.65 Å². The van der Waals surface area contributed by atoms with Crippen LogP contribution in [0.15, 0.2) is 66.9 Å². The SMILES string of the molecule is CSOCc1cc(-n2nc(C(C)(C)C)cc2NC(=O)NC2CCC(Oc3ccc4nnc(N5C(C)CCCC5C)n4c3)c3ccccc32)ccc1Cl. The van der Waals surface area contributed by atoms with Gasteiger partial charge in [-0.3, -0.25) is 9.72 Å². The van der Waals surface area contributed by atoms with Crippen molar-refractivity contribution < 1.29 is 13.7 Å². The summed E-state index contributed by atoms with van der Waals surface area (Å²) in [5.74, 6) is 2.17. The molecule has 2 amide bonds. The molecule has 0 spiro atoms. The van der Waals surface area contributed by atoms with E-state index in [1.165, 1.54) is 18.5 Å². The molecule has 5 aromatic rings. The first-order chi connectivity index (χ1) is 25.0. The number of urea groups is 1. The Morgan fingerprint density at radius 3 is 2.50 bits per heavy atom. The summed E-state index contributed by atoms with van der Waals surface area (Å²) in [6.45, 7) is 11.2. The zero-order chi connectivity index (χ0) is 36.6. The average molecular weight is 743 g/mol. The first-order valence-corrected chi connectivity index (χ1v) is 19.5. The Labute approximate surface area is 314 Å². The Bertz CT molecular complexity index is 2050. The molecule has 274 valence electrons. The quantitative estimate of drug-likeness (QED) is 0.144. The van der Waals surface area contributed by atoms with Crippen molar-refractivity contribution in [3.8, 4) is 11.4 Å². The molecule has 52 heavy (non-hydrogen) atoms. The normalized spacial score (nSPS) is 20.5. The summed E-state index contributed by atoms with van der Waals surface area (Å²) in [7, 11) is 0. The molecule has 0 radical (unpaired) electrons. The first-order valence-electron chi connectivity index (χ1n) is 18.0. The second-order valence-electron chi connectivity index (χ2n) is 14.9. The lowest BCUT2D eigenvalue weighted by Gasteiger charge is -2.39. The molecule has 4 heterocycles. The van der Waals surface area contributed by atoms with Crippen LogP contribution in [0.4, 0.5) is 16.6 Å². The number of carbonyl (C=O) groups excluding carboxylic acids is 1. The molecule has 2 N–H and O–H groups in total. The third kappa shape index (κ3) is 7.47. The fourth-order valence-electron chi connectivity index (χ4n) is 7.38. The van der Waals surface area contributed by atoms with Crippen molar-refractivity contribution in [1.29, 1.82) is 0 Å². The van der Waals surface area contributed by atoms with Gasteiger partial charge in [-0.15, -0.1) is 10.2 Å². The van der Waals surface area contributed by atoms with Gasteiger partial charge in [-0.1, -0.05) is 56.6 Å². The van der Waals surface area contributed by atoms with Crippen molar-refractivity contribution in [2.24, 2.45) is 0 Å². The molecule has 1 saturated heterocycles. The molecule has 0 saturated carbocycles. The standard InChI is InChI=1S/C39H47ClN8O3S/c1-24-10-9-11-25(2)47(24)38-44-43-35-19-15-28(22-46(35)38)51-33-18-17-32(29-12-7-8-13-30(29)33)41-37(49)42-36-21-34(39(3,4)5)45-48(36)27-14-16-31(40)26(20-27)23-50-52-6/h7-8,12-16,19-22,24-25,32-33H,9-11,17-18,23H2,1-6H3,(H2,41,42,49). The topological polar surface area (TPSA) is 111 Å². The van der Waals surface area contributed by atoms with Gasteiger partial charge < -0.3 is 19.1 Å². The summed E-state index contributed by atoms with van der Waals surface area (Å²) < 4.78 is 16.0. The van der Waals surface area contributed by atoms with Gasteiger partial charge in [0.25, 0.3) is 0 Å². The van der Waals surface area contributed by atoms with E-state index in [1.54, 1.807) is 4.68 Å². The van der Waals surface area contributed by atoms with Crippen molar-refractivity contribution in [3.05, 3.63) is 94.3 Å². The number of nitrogens with one attached hydrogen (secondary N) is 2. The maximum absolute atomic E-state index is 13.7. The van der Waals surface area contributed by atoms with Crippen molar-refractivity contribution in [2.75, 3.05) is 16.5 Å². The molecule has 11 nitrogen and oxygen atoms in total. The van der Waals surface area contributed by atoms with Crippen LogP contribution in [0.2, 0.25) is 5.02 Å². The smallest absolute Gasteiger partial charge is 0.320 e. The summed E-state index contributed by atoms with van der Waals surface area (Å²) >= 11 is 7.76. The highest BCUT2D eigenvalue weighted by Crippen LogP contribution is 2.39. The number of piperidine rings is 1. The average Bonchev–Trinajstić information content (AvgIpc) is 3.73. The number of hydrogen-bond acceptors (Lipinski definition) is 8. The summed E-state index contributed by atoms with van der Waals surface area (Å²) in [6.07, 6.45) is 8.64. The van der Waals surface area contributed by atoms with E-state index in [-0.39, 0.29) is 23.6 Å². The number of ether oxygens (including phenoxy) is 1. The Morgan fingerprint density at radius 1 is 0.981 bits per heavy atom. The van der Waals surface area contributed by atoms with Crippen LogP contribution in [0.25, 0.3) is 11.3 Å². The highest BCUT2D eigenvalue weighted by molar-refractivity contribution is 7.93. The summed E-state index contributed by atoms with van der Waals surface area (Å²) in [5.41, 5.74) is 5.11. The number of nitrogens with zero attached hydrogens (tertiary/aromatic N) is 6. The predicted octanol–water partition coefficient (Wildman–Crippen LogP) is 9.20. The summed E-state index contributed by atoms with van der Waals surface area (Å²) in [4.78, 5) is 16.1. The van der Waals surface area contributed by atoms with Crippen molar-refractivity contribution >= 4 is 47.1 Å². The molecule has 1 aliphatic heterocycles. The van der Waals surface area contributed by atoms with E-state index in [9.17, 15) is 4.79 Å². The van der Waals surface area contributed by atoms with E-state index < -0.39 is 0 Å². The van der Waals surface area contributed by atoms with Crippen LogP contribution in [0.5, 0.6) is 5.75 Å². The molecule has 1 fully saturated rings. The van der Waals surface area contributed by atoms with E-state index in [0.717, 1.165) is 64.7 Å². The predicted molar refractivity (Wildman–Crippen MR) is 208 cm³/mol. The molecular weight excluding hydrogens is 696 g/mol. The van der Waals surface area contributed by atoms with Crippen LogP contribution in [0, 0.1) is 0 Å². The first kappa shape index (κ1) is 36.1. The molecule has 4 unspecified atom stereocenters. The van der Waals surface area contributed by atoms with E-state index in [1.807, 2.05) is 61.0 Å². The number of carbonyl (C=O) groups is 1. The third-order valence-corrected chi connectivity index (χ3v) is 10.8. The summed E-state index contributed by atoms with van der Waals surface area (Å²) in [5, 5.41) is 20.9. The Kier molecular flexibility index (Phi) is 10.4. The van der Waals surface area contributed by atoms with E-state index in [4.69, 9.17) is 25.6 Å². The van der Waals surface area contributed by atoms with Crippen molar-refractivity contribution in [3.63, 3.8) is 0 Å². The van der Waals surface area contributed by atoms with Crippen LogP contribution in [-0.2, 0) is 16.2 Å². The fraction of sp³-hybridized carbons (Fsp3) is 0.436. The van der Waals surface area contributed by atoms with Gasteiger partial charge in [0.05, 0.1) is 30.2 Å². The second kappa shape index (κ2) is 15.0. The van der Waals surface area contributed by atoms with Gasteiger partial charge in [-0.2, -0.15) is 5.10 Å². The van der Waals surface area contributed by atoms with Crippen molar-refractivity contribution in [1.82, 2.24) is 29.7 Å². The molecule has 7 rings (SSSR count). The molecule has 2 aromatic carbocycles. The maximum atomic E-state index is 13.7. The Hall–Kier alpha value is -4.26. The number of pyridine rings is 1. The van der Waals surface area contributed by atoms with Crippen LogP contribution < -0.4 is 20.3 Å². The monoisotopic (exact) mass is 742 g/mol. The number of halogens is 1. The number of rotatable bonds is 9. The van der Waals surface area contributed by atoms with E-state index in [0.29, 0.717) is 36.0 Å².